The van der Waals surface area contributed by atoms with Gasteiger partial charge in [-0.05, 0) is 84.7 Å². The van der Waals surface area contributed by atoms with E-state index < -0.39 is 5.60 Å². The Morgan fingerprint density at radius 1 is 1.06 bits per heavy atom. The first kappa shape index (κ1) is 21.4. The molecule has 5 nitrogen and oxygen atoms in total. The smallest absolute Gasteiger partial charge is 0.268 e. The van der Waals surface area contributed by atoms with Crippen molar-refractivity contribution in [1.29, 1.82) is 5.41 Å². The number of carbonyl (C=O) groups is 1. The molecule has 1 aromatic heterocycles. The van der Waals surface area contributed by atoms with Gasteiger partial charge in [0.25, 0.3) is 5.91 Å². The average Bonchev–Trinajstić information content (AvgIpc) is 3.27. The summed E-state index contributed by atoms with van der Waals surface area (Å²) in [4.78, 5) is 14.1. The number of hydrogen-bond donors (Lipinski definition) is 3. The molecule has 2 aromatic carbocycles. The van der Waals surface area contributed by atoms with Crippen molar-refractivity contribution >= 4 is 40.4 Å². The molecule has 1 amide bonds. The fourth-order valence-electron chi connectivity index (χ4n) is 3.88. The van der Waals surface area contributed by atoms with Crippen LogP contribution in [0.4, 0.5) is 5.69 Å². The van der Waals surface area contributed by atoms with E-state index in [1.165, 1.54) is 11.3 Å². The van der Waals surface area contributed by atoms with Crippen molar-refractivity contribution in [1.82, 2.24) is 0 Å². The molecule has 1 aliphatic rings. The van der Waals surface area contributed by atoms with E-state index in [4.69, 9.17) is 27.5 Å². The maximum absolute atomic E-state index is 13.4. The van der Waals surface area contributed by atoms with E-state index >= 15 is 0 Å². The summed E-state index contributed by atoms with van der Waals surface area (Å²) in [6, 6.07) is 16.7. The monoisotopic (exact) mass is 453 g/mol. The minimum absolute atomic E-state index is 0.0549. The van der Waals surface area contributed by atoms with Gasteiger partial charge in [0, 0.05) is 10.7 Å². The number of carbonyl (C=O) groups excluding carboxylic acids is 1. The van der Waals surface area contributed by atoms with Gasteiger partial charge in [-0.3, -0.25) is 10.2 Å². The van der Waals surface area contributed by atoms with Crippen molar-refractivity contribution in [3.63, 3.8) is 0 Å². The molecule has 160 valence electrons. The van der Waals surface area contributed by atoms with Crippen LogP contribution in [0.2, 0.25) is 5.02 Å². The summed E-state index contributed by atoms with van der Waals surface area (Å²) >= 11 is 7.42. The van der Waals surface area contributed by atoms with E-state index in [1.807, 2.05) is 35.7 Å². The Kier molecular flexibility index (Phi) is 6.30. The highest BCUT2D eigenvalue weighted by Gasteiger charge is 2.42. The number of amidine groups is 1. The lowest BCUT2D eigenvalue weighted by molar-refractivity contribution is -0.134. The highest BCUT2D eigenvalue weighted by Crippen LogP contribution is 2.35. The summed E-state index contributed by atoms with van der Waals surface area (Å²) in [5, 5.41) is 13.3. The van der Waals surface area contributed by atoms with Crippen LogP contribution in [0.15, 0.2) is 60.0 Å². The van der Waals surface area contributed by atoms with Gasteiger partial charge in [0.1, 0.15) is 11.6 Å². The predicted molar refractivity (Wildman–Crippen MR) is 127 cm³/mol. The van der Waals surface area contributed by atoms with Crippen molar-refractivity contribution in [2.24, 2.45) is 5.73 Å². The van der Waals surface area contributed by atoms with Crippen molar-refractivity contribution < 1.29 is 9.53 Å². The van der Waals surface area contributed by atoms with Gasteiger partial charge in [0.2, 0.25) is 0 Å². The lowest BCUT2D eigenvalue weighted by Crippen LogP contribution is -2.49. The number of halogens is 1. The number of nitrogens with one attached hydrogen (secondary N) is 2. The topological polar surface area (TPSA) is 88.2 Å². The first-order valence-corrected chi connectivity index (χ1v) is 11.5. The molecule has 1 aliphatic carbocycles. The number of amides is 1. The fourth-order valence-corrected chi connectivity index (χ4v) is 4.78. The second-order valence-corrected chi connectivity index (χ2v) is 9.11. The third kappa shape index (κ3) is 4.92. The van der Waals surface area contributed by atoms with Crippen LogP contribution in [0.1, 0.15) is 37.0 Å². The number of rotatable bonds is 6. The molecule has 0 saturated heterocycles. The molecule has 0 spiro atoms. The minimum atomic E-state index is -0.897. The number of hydrogen-bond acceptors (Lipinski definition) is 4. The van der Waals surface area contributed by atoms with Crippen LogP contribution in [-0.4, -0.2) is 17.3 Å². The first-order chi connectivity index (χ1) is 14.9. The summed E-state index contributed by atoms with van der Waals surface area (Å²) in [6.07, 6.45) is 4.35. The summed E-state index contributed by atoms with van der Waals surface area (Å²) in [5.41, 5.74) is 7.32. The van der Waals surface area contributed by atoms with E-state index in [-0.39, 0.29) is 11.7 Å². The summed E-state index contributed by atoms with van der Waals surface area (Å²) in [5.74, 6) is 0.568. The van der Waals surface area contributed by atoms with E-state index in [0.717, 1.165) is 35.3 Å². The molecule has 1 saturated carbocycles. The summed E-state index contributed by atoms with van der Waals surface area (Å²) < 4.78 is 6.27. The van der Waals surface area contributed by atoms with Crippen LogP contribution >= 0.6 is 22.9 Å². The van der Waals surface area contributed by atoms with Crippen LogP contribution in [0.25, 0.3) is 11.1 Å². The van der Waals surface area contributed by atoms with E-state index in [2.05, 4.69) is 5.32 Å². The van der Waals surface area contributed by atoms with Crippen molar-refractivity contribution in [2.45, 2.75) is 37.7 Å². The van der Waals surface area contributed by atoms with Crippen LogP contribution < -0.4 is 15.8 Å². The van der Waals surface area contributed by atoms with Crippen LogP contribution in [0, 0.1) is 5.41 Å². The van der Waals surface area contributed by atoms with Gasteiger partial charge >= 0.3 is 0 Å². The Labute approximate surface area is 190 Å². The first-order valence-electron chi connectivity index (χ1n) is 10.2. The molecule has 31 heavy (non-hydrogen) atoms. The molecule has 0 aliphatic heterocycles. The Balaban J connectivity index is 1.55. The number of ether oxygens (including phenoxy) is 1. The number of nitrogens with two attached hydrogens (primary N) is 1. The van der Waals surface area contributed by atoms with E-state index in [9.17, 15) is 4.79 Å². The predicted octanol–water partition coefficient (Wildman–Crippen LogP) is 6.07. The third-order valence-electron chi connectivity index (χ3n) is 5.52. The normalized spacial score (nSPS) is 15.3. The van der Waals surface area contributed by atoms with Crippen molar-refractivity contribution in [3.8, 4) is 16.9 Å². The van der Waals surface area contributed by atoms with Gasteiger partial charge in [-0.25, -0.2) is 0 Å². The van der Waals surface area contributed by atoms with Gasteiger partial charge in [0.05, 0.1) is 4.88 Å². The molecule has 0 unspecified atom stereocenters. The van der Waals surface area contributed by atoms with E-state index in [0.29, 0.717) is 29.3 Å². The van der Waals surface area contributed by atoms with Crippen LogP contribution in [0.3, 0.4) is 0 Å². The highest BCUT2D eigenvalue weighted by molar-refractivity contribution is 7.12. The molecule has 4 N–H and O–H groups in total. The van der Waals surface area contributed by atoms with Gasteiger partial charge in [0.15, 0.2) is 5.60 Å². The molecule has 0 atom stereocenters. The molecular formula is C24H24ClN3O2S. The molecule has 0 bridgehead atoms. The SMILES string of the molecule is N=C(N)c1cc(-c2cccc(NC(=O)C3(Oc4ccc(Cl)cc4)CCCCC3)c2)cs1. The zero-order valence-electron chi connectivity index (χ0n) is 17.0. The van der Waals surface area contributed by atoms with Gasteiger partial charge in [-0.1, -0.05) is 30.2 Å². The van der Waals surface area contributed by atoms with E-state index in [1.54, 1.807) is 24.3 Å². The summed E-state index contributed by atoms with van der Waals surface area (Å²) in [6.45, 7) is 0. The highest BCUT2D eigenvalue weighted by atomic mass is 35.5. The van der Waals surface area contributed by atoms with Gasteiger partial charge < -0.3 is 15.8 Å². The number of anilines is 1. The molecule has 4 rings (SSSR count). The Bertz CT molecular complexity index is 1090. The molecule has 1 heterocycles. The quantitative estimate of drug-likeness (QED) is 0.312. The second-order valence-electron chi connectivity index (χ2n) is 7.76. The lowest BCUT2D eigenvalue weighted by atomic mass is 9.83. The molecule has 7 heteroatoms. The Hall–Kier alpha value is -2.83. The molecular weight excluding hydrogens is 430 g/mol. The largest absolute Gasteiger partial charge is 0.477 e. The van der Waals surface area contributed by atoms with Crippen LogP contribution in [-0.2, 0) is 4.79 Å². The number of thiophene rings is 1. The number of nitrogen functional groups attached to an aromatic ring is 1. The third-order valence-corrected chi connectivity index (χ3v) is 6.74. The molecule has 1 fully saturated rings. The van der Waals surface area contributed by atoms with Gasteiger partial charge in [-0.15, -0.1) is 11.3 Å². The lowest BCUT2D eigenvalue weighted by Gasteiger charge is -2.36. The maximum atomic E-state index is 13.4. The zero-order valence-corrected chi connectivity index (χ0v) is 18.6. The molecule has 0 radical (unpaired) electrons. The fraction of sp³-hybridized carbons (Fsp3) is 0.250. The second kappa shape index (κ2) is 9.12. The Morgan fingerprint density at radius 2 is 1.81 bits per heavy atom. The van der Waals surface area contributed by atoms with Crippen molar-refractivity contribution in [2.75, 3.05) is 5.32 Å². The maximum Gasteiger partial charge on any atom is 0.268 e. The average molecular weight is 454 g/mol. The van der Waals surface area contributed by atoms with Gasteiger partial charge in [-0.2, -0.15) is 0 Å². The zero-order chi connectivity index (χ0) is 21.8. The van der Waals surface area contributed by atoms with Crippen LogP contribution in [0.5, 0.6) is 5.75 Å². The Morgan fingerprint density at radius 3 is 2.48 bits per heavy atom. The molecule has 3 aromatic rings. The van der Waals surface area contributed by atoms with Crippen molar-refractivity contribution in [3.05, 3.63) is 69.9 Å². The number of benzene rings is 2. The minimum Gasteiger partial charge on any atom is -0.477 e. The standard InChI is InChI=1S/C24H24ClN3O2S/c25-18-7-9-20(10-8-18)30-24(11-2-1-3-12-24)23(29)28-19-6-4-5-16(13-19)17-14-21(22(26)27)31-15-17/h4-10,13-15H,1-3,11-12H2,(H3,26,27)(H,28,29). The summed E-state index contributed by atoms with van der Waals surface area (Å²) in [7, 11) is 0.